The predicted octanol–water partition coefficient (Wildman–Crippen LogP) is 5.74. The summed E-state index contributed by atoms with van der Waals surface area (Å²) in [5, 5.41) is 15.1. The molecule has 0 aliphatic carbocycles. The van der Waals surface area contributed by atoms with Gasteiger partial charge in [-0.05, 0) is 74.7 Å². The molecule has 0 bridgehead atoms. The Morgan fingerprint density at radius 2 is 1.74 bits per heavy atom. The Labute approximate surface area is 222 Å². The van der Waals surface area contributed by atoms with Gasteiger partial charge in [-0.2, -0.15) is 5.26 Å². The third-order valence-electron chi connectivity index (χ3n) is 6.89. The van der Waals surface area contributed by atoms with Crippen LogP contribution in [0, 0.1) is 25.2 Å². The molecule has 1 aliphatic heterocycles. The van der Waals surface area contributed by atoms with E-state index in [1.165, 1.54) is 6.20 Å². The van der Waals surface area contributed by atoms with Gasteiger partial charge in [0.1, 0.15) is 11.5 Å². The van der Waals surface area contributed by atoms with Crippen molar-refractivity contribution in [3.05, 3.63) is 88.1 Å². The number of pyridine rings is 1. The maximum atomic E-state index is 15.7. The van der Waals surface area contributed by atoms with Crippen LogP contribution in [-0.2, 0) is 5.67 Å². The summed E-state index contributed by atoms with van der Waals surface area (Å²) in [6.07, 6.45) is 1.86. The van der Waals surface area contributed by atoms with E-state index in [2.05, 4.69) is 15.6 Å². The zero-order chi connectivity index (χ0) is 27.4. The van der Waals surface area contributed by atoms with Gasteiger partial charge in [-0.3, -0.25) is 9.59 Å². The second kappa shape index (κ2) is 11.0. The molecule has 8 heteroatoms. The zero-order valence-corrected chi connectivity index (χ0v) is 22.1. The molecule has 0 radical (unpaired) electrons. The lowest BCUT2D eigenvalue weighted by atomic mass is 9.85. The monoisotopic (exact) mass is 513 g/mol. The van der Waals surface area contributed by atoms with Crippen LogP contribution in [0.1, 0.15) is 69.7 Å². The number of aryl methyl sites for hydroxylation is 2. The summed E-state index contributed by atoms with van der Waals surface area (Å²) in [4.78, 5) is 32.3. The highest BCUT2D eigenvalue weighted by Gasteiger charge is 2.38. The summed E-state index contributed by atoms with van der Waals surface area (Å²) in [5.41, 5.74) is 2.53. The third-order valence-corrected chi connectivity index (χ3v) is 6.89. The van der Waals surface area contributed by atoms with E-state index < -0.39 is 5.67 Å². The standard InChI is InChI=1S/C30H32FN5O2/c1-19(2)34-27-10-7-23(18-33-27)28(37)35-26-16-25(20(3)15-21(26)4)29(38)36-13-11-30(31,12-14-36)24-8-5-22(17-32)6-9-24/h5-10,15-16,18-19H,11-14H2,1-4H3,(H,33,34)(H,35,37). The van der Waals surface area contributed by atoms with Gasteiger partial charge in [-0.15, -0.1) is 0 Å². The van der Waals surface area contributed by atoms with Crippen LogP contribution in [0.4, 0.5) is 15.9 Å². The van der Waals surface area contributed by atoms with Crippen molar-refractivity contribution in [1.29, 1.82) is 5.26 Å². The second-order valence-corrected chi connectivity index (χ2v) is 10.1. The van der Waals surface area contributed by atoms with Crippen LogP contribution < -0.4 is 10.6 Å². The van der Waals surface area contributed by atoms with Crippen molar-refractivity contribution < 1.29 is 14.0 Å². The van der Waals surface area contributed by atoms with E-state index in [9.17, 15) is 9.59 Å². The first-order valence-electron chi connectivity index (χ1n) is 12.7. The predicted molar refractivity (Wildman–Crippen MR) is 146 cm³/mol. The summed E-state index contributed by atoms with van der Waals surface area (Å²) >= 11 is 0. The van der Waals surface area contributed by atoms with Crippen molar-refractivity contribution in [2.24, 2.45) is 0 Å². The van der Waals surface area contributed by atoms with Crippen LogP contribution in [-0.4, -0.2) is 40.8 Å². The van der Waals surface area contributed by atoms with Gasteiger partial charge in [0.15, 0.2) is 0 Å². The molecular weight excluding hydrogens is 481 g/mol. The van der Waals surface area contributed by atoms with Gasteiger partial charge in [0, 0.05) is 49.4 Å². The van der Waals surface area contributed by atoms with E-state index in [4.69, 9.17) is 5.26 Å². The van der Waals surface area contributed by atoms with Crippen LogP contribution in [0.2, 0.25) is 0 Å². The number of likely N-dealkylation sites (tertiary alicyclic amines) is 1. The lowest BCUT2D eigenvalue weighted by molar-refractivity contribution is 0.0421. The van der Waals surface area contributed by atoms with E-state index in [0.717, 1.165) is 11.1 Å². The number of benzene rings is 2. The molecule has 2 aromatic carbocycles. The third kappa shape index (κ3) is 5.83. The fraction of sp³-hybridized carbons (Fsp3) is 0.333. The molecule has 38 heavy (non-hydrogen) atoms. The Balaban J connectivity index is 1.46. The molecule has 2 amide bonds. The second-order valence-electron chi connectivity index (χ2n) is 10.1. The molecule has 196 valence electrons. The summed E-state index contributed by atoms with van der Waals surface area (Å²) in [6.45, 7) is 8.29. The van der Waals surface area contributed by atoms with E-state index in [1.54, 1.807) is 47.4 Å². The number of anilines is 2. The largest absolute Gasteiger partial charge is 0.368 e. The molecular formula is C30H32FN5O2. The Morgan fingerprint density at radius 1 is 1.05 bits per heavy atom. The van der Waals surface area contributed by atoms with Gasteiger partial charge >= 0.3 is 0 Å². The number of hydrogen-bond donors (Lipinski definition) is 2. The number of nitriles is 1. The first-order chi connectivity index (χ1) is 18.1. The lowest BCUT2D eigenvalue weighted by Gasteiger charge is -2.37. The molecule has 4 rings (SSSR count). The highest BCUT2D eigenvalue weighted by atomic mass is 19.1. The quantitative estimate of drug-likeness (QED) is 0.438. The number of piperidine rings is 1. The highest BCUT2D eigenvalue weighted by Crippen LogP contribution is 2.37. The van der Waals surface area contributed by atoms with Crippen LogP contribution >= 0.6 is 0 Å². The molecule has 0 unspecified atom stereocenters. The van der Waals surface area contributed by atoms with Crippen LogP contribution in [0.3, 0.4) is 0 Å². The smallest absolute Gasteiger partial charge is 0.257 e. The molecule has 1 aromatic heterocycles. The number of carbonyl (C=O) groups excluding carboxylic acids is 2. The van der Waals surface area contributed by atoms with Crippen molar-refractivity contribution in [3.63, 3.8) is 0 Å². The van der Waals surface area contributed by atoms with Gasteiger partial charge in [0.05, 0.1) is 17.2 Å². The molecule has 1 aliphatic rings. The van der Waals surface area contributed by atoms with Crippen molar-refractivity contribution >= 4 is 23.3 Å². The number of halogens is 1. The first kappa shape index (κ1) is 26.8. The Bertz CT molecular complexity index is 1370. The molecule has 0 saturated carbocycles. The van der Waals surface area contributed by atoms with Crippen molar-refractivity contribution in [1.82, 2.24) is 9.88 Å². The molecule has 0 spiro atoms. The molecule has 7 nitrogen and oxygen atoms in total. The maximum Gasteiger partial charge on any atom is 0.257 e. The maximum absolute atomic E-state index is 15.7. The average molecular weight is 514 g/mol. The number of rotatable bonds is 6. The lowest BCUT2D eigenvalue weighted by Crippen LogP contribution is -2.43. The van der Waals surface area contributed by atoms with Gasteiger partial charge in [-0.1, -0.05) is 18.2 Å². The molecule has 1 fully saturated rings. The SMILES string of the molecule is Cc1cc(C)c(C(=O)N2CCC(F)(c3ccc(C#N)cc3)CC2)cc1NC(=O)c1ccc(NC(C)C)nc1. The summed E-state index contributed by atoms with van der Waals surface area (Å²) < 4.78 is 15.7. The van der Waals surface area contributed by atoms with Gasteiger partial charge in [0.25, 0.3) is 11.8 Å². The van der Waals surface area contributed by atoms with Crippen LogP contribution in [0.5, 0.6) is 0 Å². The topological polar surface area (TPSA) is 98.1 Å². The average Bonchev–Trinajstić information content (AvgIpc) is 2.90. The number of alkyl halides is 1. The minimum Gasteiger partial charge on any atom is -0.368 e. The summed E-state index contributed by atoms with van der Waals surface area (Å²) in [5.74, 6) is 0.182. The fourth-order valence-electron chi connectivity index (χ4n) is 4.69. The summed E-state index contributed by atoms with van der Waals surface area (Å²) in [6, 6.07) is 15.8. The van der Waals surface area contributed by atoms with Gasteiger partial charge < -0.3 is 15.5 Å². The Kier molecular flexibility index (Phi) is 7.77. The highest BCUT2D eigenvalue weighted by molar-refractivity contribution is 6.05. The number of carbonyl (C=O) groups is 2. The summed E-state index contributed by atoms with van der Waals surface area (Å²) in [7, 11) is 0. The van der Waals surface area contributed by atoms with E-state index in [-0.39, 0.29) is 43.8 Å². The molecule has 0 atom stereocenters. The minimum absolute atomic E-state index is 0.174. The van der Waals surface area contributed by atoms with Gasteiger partial charge in [-0.25, -0.2) is 9.37 Å². The number of aromatic nitrogens is 1. The molecule has 2 N–H and O–H groups in total. The number of nitrogens with one attached hydrogen (secondary N) is 2. The molecule has 2 heterocycles. The van der Waals surface area contributed by atoms with E-state index >= 15 is 4.39 Å². The van der Waals surface area contributed by atoms with Crippen molar-refractivity contribution in [3.8, 4) is 6.07 Å². The normalized spacial score (nSPS) is 14.6. The zero-order valence-electron chi connectivity index (χ0n) is 22.1. The molecule has 1 saturated heterocycles. The number of hydrogen-bond acceptors (Lipinski definition) is 5. The van der Waals surface area contributed by atoms with Crippen molar-refractivity contribution in [2.45, 2.75) is 52.2 Å². The van der Waals surface area contributed by atoms with E-state index in [1.807, 2.05) is 39.8 Å². The van der Waals surface area contributed by atoms with Crippen molar-refractivity contribution in [2.75, 3.05) is 23.7 Å². The molecule has 3 aromatic rings. The van der Waals surface area contributed by atoms with Gasteiger partial charge in [0.2, 0.25) is 0 Å². The number of amides is 2. The Morgan fingerprint density at radius 3 is 2.32 bits per heavy atom. The minimum atomic E-state index is -1.54. The van der Waals surface area contributed by atoms with Crippen LogP contribution in [0.15, 0.2) is 54.7 Å². The Hall–Kier alpha value is -4.25. The number of nitrogens with zero attached hydrogens (tertiary/aromatic N) is 3. The van der Waals surface area contributed by atoms with E-state index in [0.29, 0.717) is 33.8 Å². The first-order valence-corrected chi connectivity index (χ1v) is 12.7. The van der Waals surface area contributed by atoms with Crippen LogP contribution in [0.25, 0.3) is 0 Å². The fourth-order valence-corrected chi connectivity index (χ4v) is 4.69.